The highest BCUT2D eigenvalue weighted by Gasteiger charge is 2.36. The second kappa shape index (κ2) is 11.2. The standard InChI is InChI=1S/C27H26FN5O4S/c1-2-36-22-14-17(9-10-21(22)37-16-18-7-3-4-8-20(18)28)13-19-25(29)33-27(30-26(19)35)38-23(31-33)15-24(34)32-11-5-6-12-32/h3-4,7-10,13-14,29H,2,5-6,11-12,15-16H2,1H3/b19-13-,29-25?. The minimum Gasteiger partial charge on any atom is -0.490 e. The van der Waals surface area contributed by atoms with Gasteiger partial charge >= 0.3 is 0 Å². The van der Waals surface area contributed by atoms with E-state index < -0.39 is 5.91 Å². The van der Waals surface area contributed by atoms with Gasteiger partial charge in [0.2, 0.25) is 11.1 Å². The Balaban J connectivity index is 1.33. The van der Waals surface area contributed by atoms with Gasteiger partial charge in [0.15, 0.2) is 17.3 Å². The number of carbonyl (C=O) groups excluding carboxylic acids is 2. The number of hydrogen-bond acceptors (Lipinski definition) is 7. The number of nitrogens with one attached hydrogen (secondary N) is 1. The lowest BCUT2D eigenvalue weighted by atomic mass is 10.1. The van der Waals surface area contributed by atoms with E-state index in [1.807, 2.05) is 11.8 Å². The monoisotopic (exact) mass is 535 g/mol. The highest BCUT2D eigenvalue weighted by molar-refractivity contribution is 8.27. The predicted octanol–water partition coefficient (Wildman–Crippen LogP) is 4.44. The first kappa shape index (κ1) is 25.7. The molecule has 0 aromatic heterocycles. The number of amidine groups is 2. The Hall–Kier alpha value is -3.99. The van der Waals surface area contributed by atoms with Crippen LogP contribution in [0, 0.1) is 11.2 Å². The number of nitrogens with zero attached hydrogens (tertiary/aromatic N) is 4. The van der Waals surface area contributed by atoms with E-state index in [4.69, 9.17) is 14.9 Å². The third-order valence-corrected chi connectivity index (χ3v) is 7.09. The van der Waals surface area contributed by atoms with Crippen molar-refractivity contribution in [2.24, 2.45) is 10.1 Å². The molecule has 0 radical (unpaired) electrons. The minimum atomic E-state index is -0.561. The number of hydrazone groups is 1. The van der Waals surface area contributed by atoms with Crippen LogP contribution in [0.3, 0.4) is 0 Å². The molecule has 0 unspecified atom stereocenters. The lowest BCUT2D eigenvalue weighted by molar-refractivity contribution is -0.128. The van der Waals surface area contributed by atoms with Gasteiger partial charge in [-0.25, -0.2) is 4.39 Å². The topological polar surface area (TPSA) is 108 Å². The maximum atomic E-state index is 14.0. The lowest BCUT2D eigenvalue weighted by Crippen LogP contribution is -2.35. The van der Waals surface area contributed by atoms with Gasteiger partial charge in [0.25, 0.3) is 5.91 Å². The molecule has 3 aliphatic rings. The lowest BCUT2D eigenvalue weighted by Gasteiger charge is -2.20. The van der Waals surface area contributed by atoms with Gasteiger partial charge in [-0.1, -0.05) is 24.3 Å². The first-order chi connectivity index (χ1) is 18.4. The molecule has 9 nitrogen and oxygen atoms in total. The molecule has 0 spiro atoms. The van der Waals surface area contributed by atoms with Crippen molar-refractivity contribution in [2.45, 2.75) is 32.8 Å². The Labute approximate surface area is 223 Å². The molecule has 0 saturated carbocycles. The van der Waals surface area contributed by atoms with Crippen LogP contribution < -0.4 is 9.47 Å². The summed E-state index contributed by atoms with van der Waals surface area (Å²) in [5.41, 5.74) is 1.08. The summed E-state index contributed by atoms with van der Waals surface area (Å²) in [5.74, 6) is -0.191. The number of aliphatic imine (C=N–C) groups is 1. The second-order valence-electron chi connectivity index (χ2n) is 8.80. The second-order valence-corrected chi connectivity index (χ2v) is 9.84. The van der Waals surface area contributed by atoms with Gasteiger partial charge in [-0.15, -0.1) is 0 Å². The average molecular weight is 536 g/mol. The molecule has 2 amide bonds. The van der Waals surface area contributed by atoms with E-state index in [2.05, 4.69) is 10.1 Å². The summed E-state index contributed by atoms with van der Waals surface area (Å²) in [6.07, 6.45) is 3.66. The molecule has 0 atom stereocenters. The third-order valence-electron chi connectivity index (χ3n) is 6.18. The number of benzene rings is 2. The first-order valence-corrected chi connectivity index (χ1v) is 13.1. The fourth-order valence-electron chi connectivity index (χ4n) is 4.25. The Morgan fingerprint density at radius 2 is 1.95 bits per heavy atom. The van der Waals surface area contributed by atoms with Gasteiger partial charge in [-0.2, -0.15) is 15.1 Å². The minimum absolute atomic E-state index is 0.0106. The molecule has 196 valence electrons. The fourth-order valence-corrected chi connectivity index (χ4v) is 5.13. The number of ether oxygens (including phenoxy) is 2. The largest absolute Gasteiger partial charge is 0.490 e. The van der Waals surface area contributed by atoms with Gasteiger partial charge < -0.3 is 14.4 Å². The van der Waals surface area contributed by atoms with E-state index >= 15 is 0 Å². The maximum Gasteiger partial charge on any atom is 0.283 e. The summed E-state index contributed by atoms with van der Waals surface area (Å²) in [6, 6.07) is 11.5. The van der Waals surface area contributed by atoms with Crippen LogP contribution in [0.1, 0.15) is 37.3 Å². The van der Waals surface area contributed by atoms with Crippen LogP contribution in [0.5, 0.6) is 11.5 Å². The first-order valence-electron chi connectivity index (χ1n) is 12.3. The van der Waals surface area contributed by atoms with E-state index in [0.717, 1.165) is 37.7 Å². The van der Waals surface area contributed by atoms with Crippen LogP contribution in [-0.4, -0.2) is 57.5 Å². The molecule has 1 saturated heterocycles. The Bertz CT molecular complexity index is 1380. The summed E-state index contributed by atoms with van der Waals surface area (Å²) >= 11 is 1.14. The van der Waals surface area contributed by atoms with Gasteiger partial charge in [0.1, 0.15) is 17.5 Å². The Morgan fingerprint density at radius 3 is 2.71 bits per heavy atom. The number of hydrogen-bond donors (Lipinski definition) is 1. The van der Waals surface area contributed by atoms with E-state index in [1.165, 1.54) is 11.1 Å². The van der Waals surface area contributed by atoms with Crippen molar-refractivity contribution in [3.63, 3.8) is 0 Å². The molecule has 0 aliphatic carbocycles. The highest BCUT2D eigenvalue weighted by atomic mass is 32.2. The molecule has 5 rings (SSSR count). The molecular weight excluding hydrogens is 509 g/mol. The summed E-state index contributed by atoms with van der Waals surface area (Å²) < 4.78 is 25.5. The van der Waals surface area contributed by atoms with Crippen molar-refractivity contribution >= 4 is 45.7 Å². The SMILES string of the molecule is CCOc1cc(/C=C2/C(=N)N3N=C(CC(=O)N4CCCC4)SC3=NC2=O)ccc1OCc1ccccc1F. The van der Waals surface area contributed by atoms with Crippen LogP contribution in [0.25, 0.3) is 6.08 Å². The van der Waals surface area contributed by atoms with Crippen LogP contribution in [0.15, 0.2) is 58.1 Å². The van der Waals surface area contributed by atoms with Crippen LogP contribution in [0.2, 0.25) is 0 Å². The predicted molar refractivity (Wildman–Crippen MR) is 144 cm³/mol. The Morgan fingerprint density at radius 1 is 1.16 bits per heavy atom. The van der Waals surface area contributed by atoms with Crippen molar-refractivity contribution in [3.8, 4) is 11.5 Å². The molecular formula is C27H26FN5O4S. The summed E-state index contributed by atoms with van der Waals surface area (Å²) in [5, 5.41) is 15.1. The zero-order chi connectivity index (χ0) is 26.6. The van der Waals surface area contributed by atoms with Crippen molar-refractivity contribution < 1.29 is 23.5 Å². The molecule has 1 N–H and O–H groups in total. The van der Waals surface area contributed by atoms with Crippen molar-refractivity contribution in [2.75, 3.05) is 19.7 Å². The number of fused-ring (bicyclic) bond motifs is 1. The Kier molecular flexibility index (Phi) is 7.54. The van der Waals surface area contributed by atoms with Gasteiger partial charge in [0.05, 0.1) is 18.6 Å². The number of likely N-dealkylation sites (tertiary alicyclic amines) is 1. The van der Waals surface area contributed by atoms with Gasteiger partial charge in [-0.3, -0.25) is 15.0 Å². The van der Waals surface area contributed by atoms with Crippen LogP contribution in [0.4, 0.5) is 4.39 Å². The molecule has 0 bridgehead atoms. The quantitative estimate of drug-likeness (QED) is 0.501. The van der Waals surface area contributed by atoms with Crippen LogP contribution in [-0.2, 0) is 16.2 Å². The zero-order valence-electron chi connectivity index (χ0n) is 20.8. The number of rotatable bonds is 8. The molecule has 3 aliphatic heterocycles. The summed E-state index contributed by atoms with van der Waals surface area (Å²) in [7, 11) is 0. The molecule has 38 heavy (non-hydrogen) atoms. The third kappa shape index (κ3) is 5.47. The molecule has 1 fully saturated rings. The summed E-state index contributed by atoms with van der Waals surface area (Å²) in [6.45, 7) is 3.73. The van der Waals surface area contributed by atoms with E-state index in [-0.39, 0.29) is 41.3 Å². The number of amides is 2. The smallest absolute Gasteiger partial charge is 0.283 e. The van der Waals surface area contributed by atoms with Gasteiger partial charge in [0, 0.05) is 18.7 Å². The maximum absolute atomic E-state index is 14.0. The molecule has 2 aromatic carbocycles. The van der Waals surface area contributed by atoms with E-state index in [9.17, 15) is 14.0 Å². The normalized spacial score (nSPS) is 18.0. The van der Waals surface area contributed by atoms with Crippen molar-refractivity contribution in [3.05, 3.63) is 65.0 Å². The van der Waals surface area contributed by atoms with Crippen molar-refractivity contribution in [1.82, 2.24) is 9.91 Å². The molecule has 11 heteroatoms. The fraction of sp³-hybridized carbons (Fsp3) is 0.296. The zero-order valence-corrected chi connectivity index (χ0v) is 21.6. The van der Waals surface area contributed by atoms with Gasteiger partial charge in [-0.05, 0) is 61.4 Å². The van der Waals surface area contributed by atoms with E-state index in [1.54, 1.807) is 42.5 Å². The summed E-state index contributed by atoms with van der Waals surface area (Å²) in [4.78, 5) is 31.2. The average Bonchev–Trinajstić information content (AvgIpc) is 3.58. The molecule has 2 aromatic rings. The molecule has 3 heterocycles. The number of thioether (sulfide) groups is 1. The van der Waals surface area contributed by atoms with E-state index in [0.29, 0.717) is 34.3 Å². The number of halogens is 1. The highest BCUT2D eigenvalue weighted by Crippen LogP contribution is 2.33. The van der Waals surface area contributed by atoms with Crippen molar-refractivity contribution in [1.29, 1.82) is 5.41 Å². The van der Waals surface area contributed by atoms with Crippen LogP contribution >= 0.6 is 11.8 Å². The number of carbonyl (C=O) groups is 2.